The summed E-state index contributed by atoms with van der Waals surface area (Å²) in [6.45, 7) is 0.402. The second-order valence-electron chi connectivity index (χ2n) is 5.74. The number of carbonyl (C=O) groups is 2. The van der Waals surface area contributed by atoms with Crippen molar-refractivity contribution in [2.45, 2.75) is 12.3 Å². The molecule has 0 aliphatic carbocycles. The van der Waals surface area contributed by atoms with Crippen molar-refractivity contribution in [1.29, 1.82) is 0 Å². The molecular formula is C19H20N2O4. The van der Waals surface area contributed by atoms with Crippen LogP contribution in [0.2, 0.25) is 0 Å². The largest absolute Gasteiger partial charge is 0.493 e. The van der Waals surface area contributed by atoms with Crippen molar-refractivity contribution in [3.63, 3.8) is 0 Å². The summed E-state index contributed by atoms with van der Waals surface area (Å²) >= 11 is 0. The van der Waals surface area contributed by atoms with Gasteiger partial charge in [-0.2, -0.15) is 0 Å². The molecule has 0 aromatic heterocycles. The highest BCUT2D eigenvalue weighted by Crippen LogP contribution is 2.34. The lowest BCUT2D eigenvalue weighted by molar-refractivity contribution is -0.117. The fourth-order valence-electron chi connectivity index (χ4n) is 2.97. The summed E-state index contributed by atoms with van der Waals surface area (Å²) in [4.78, 5) is 24.4. The molecule has 1 atom stereocenters. The molecule has 2 aromatic rings. The third kappa shape index (κ3) is 3.42. The monoisotopic (exact) mass is 340 g/mol. The number of hydrogen-bond acceptors (Lipinski definition) is 4. The average Bonchev–Trinajstić information content (AvgIpc) is 2.96. The molecule has 2 N–H and O–H groups in total. The molecule has 0 saturated carbocycles. The van der Waals surface area contributed by atoms with Gasteiger partial charge in [0.2, 0.25) is 5.91 Å². The van der Waals surface area contributed by atoms with Crippen LogP contribution >= 0.6 is 0 Å². The van der Waals surface area contributed by atoms with Crippen LogP contribution in [0.4, 0.5) is 5.69 Å². The predicted molar refractivity (Wildman–Crippen MR) is 94.3 cm³/mol. The van der Waals surface area contributed by atoms with Crippen LogP contribution in [0.3, 0.4) is 0 Å². The zero-order valence-electron chi connectivity index (χ0n) is 14.2. The van der Waals surface area contributed by atoms with Gasteiger partial charge in [-0.05, 0) is 36.2 Å². The summed E-state index contributed by atoms with van der Waals surface area (Å²) in [5.74, 6) is 0.591. The Labute approximate surface area is 146 Å². The van der Waals surface area contributed by atoms with Crippen molar-refractivity contribution in [3.8, 4) is 11.5 Å². The molecule has 6 nitrogen and oxygen atoms in total. The Morgan fingerprint density at radius 1 is 1.12 bits per heavy atom. The molecule has 0 fully saturated rings. The van der Waals surface area contributed by atoms with Gasteiger partial charge in [-0.25, -0.2) is 0 Å². The van der Waals surface area contributed by atoms with E-state index in [0.717, 1.165) is 11.3 Å². The van der Waals surface area contributed by atoms with Crippen molar-refractivity contribution >= 4 is 17.5 Å². The molecule has 3 rings (SSSR count). The summed E-state index contributed by atoms with van der Waals surface area (Å²) in [5.41, 5.74) is 2.31. The van der Waals surface area contributed by atoms with Gasteiger partial charge >= 0.3 is 0 Å². The molecular weight excluding hydrogens is 320 g/mol. The van der Waals surface area contributed by atoms with E-state index in [4.69, 9.17) is 9.47 Å². The van der Waals surface area contributed by atoms with Crippen LogP contribution in [0, 0.1) is 0 Å². The maximum absolute atomic E-state index is 12.3. The minimum Gasteiger partial charge on any atom is -0.493 e. The Balaban J connectivity index is 1.61. The molecule has 2 aromatic carbocycles. The Morgan fingerprint density at radius 2 is 1.88 bits per heavy atom. The summed E-state index contributed by atoms with van der Waals surface area (Å²) < 4.78 is 10.4. The standard InChI is InChI=1S/C19H20N2O4/c1-24-16-8-7-12(11-17(16)25-2)18(22)20-10-9-14-13-5-3-4-6-15(13)21-19(14)23/h3-8,11,14H,9-10H2,1-2H3,(H,20,22)(H,21,23). The first-order valence-electron chi connectivity index (χ1n) is 8.04. The molecule has 1 aliphatic heterocycles. The predicted octanol–water partition coefficient (Wildman–Crippen LogP) is 2.56. The van der Waals surface area contributed by atoms with Gasteiger partial charge in [0, 0.05) is 17.8 Å². The Hall–Kier alpha value is -3.02. The highest BCUT2D eigenvalue weighted by Gasteiger charge is 2.29. The molecule has 0 radical (unpaired) electrons. The molecule has 25 heavy (non-hydrogen) atoms. The van der Waals surface area contributed by atoms with Gasteiger partial charge in [0.1, 0.15) is 0 Å². The van der Waals surface area contributed by atoms with Gasteiger partial charge in [-0.15, -0.1) is 0 Å². The number of ether oxygens (including phenoxy) is 2. The number of carbonyl (C=O) groups excluding carboxylic acids is 2. The fraction of sp³-hybridized carbons (Fsp3) is 0.263. The van der Waals surface area contributed by atoms with Crippen molar-refractivity contribution in [2.75, 3.05) is 26.1 Å². The number of rotatable bonds is 6. The number of para-hydroxylation sites is 1. The SMILES string of the molecule is COc1ccc(C(=O)NCCC2C(=O)Nc3ccccc32)cc1OC. The summed E-state index contributed by atoms with van der Waals surface area (Å²) in [6.07, 6.45) is 0.544. The first kappa shape index (κ1) is 16.8. The maximum atomic E-state index is 12.3. The molecule has 0 spiro atoms. The Morgan fingerprint density at radius 3 is 2.64 bits per heavy atom. The highest BCUT2D eigenvalue weighted by molar-refractivity contribution is 6.02. The average molecular weight is 340 g/mol. The molecule has 130 valence electrons. The second kappa shape index (κ2) is 7.25. The van der Waals surface area contributed by atoms with Gasteiger partial charge in [-0.1, -0.05) is 18.2 Å². The summed E-state index contributed by atoms with van der Waals surface area (Å²) in [6, 6.07) is 12.6. The molecule has 1 unspecified atom stereocenters. The molecule has 1 heterocycles. The van der Waals surface area contributed by atoms with Crippen LogP contribution in [0.5, 0.6) is 11.5 Å². The van der Waals surface area contributed by atoms with E-state index >= 15 is 0 Å². The van der Waals surface area contributed by atoms with Crippen LogP contribution in [0.25, 0.3) is 0 Å². The number of amides is 2. The van der Waals surface area contributed by atoms with E-state index in [2.05, 4.69) is 10.6 Å². The van der Waals surface area contributed by atoms with Crippen LogP contribution in [-0.2, 0) is 4.79 Å². The molecule has 2 amide bonds. The smallest absolute Gasteiger partial charge is 0.251 e. The topological polar surface area (TPSA) is 76.7 Å². The van der Waals surface area contributed by atoms with E-state index < -0.39 is 0 Å². The van der Waals surface area contributed by atoms with E-state index in [1.54, 1.807) is 25.3 Å². The molecule has 0 saturated heterocycles. The number of benzene rings is 2. The van der Waals surface area contributed by atoms with Crippen molar-refractivity contribution in [3.05, 3.63) is 53.6 Å². The number of fused-ring (bicyclic) bond motifs is 1. The number of hydrogen-bond donors (Lipinski definition) is 2. The van der Waals surface area contributed by atoms with Crippen LogP contribution in [0.1, 0.15) is 28.3 Å². The Kier molecular flexibility index (Phi) is 4.88. The number of nitrogens with one attached hydrogen (secondary N) is 2. The van der Waals surface area contributed by atoms with Crippen molar-refractivity contribution < 1.29 is 19.1 Å². The van der Waals surface area contributed by atoms with E-state index in [1.807, 2.05) is 24.3 Å². The van der Waals surface area contributed by atoms with Gasteiger partial charge in [0.25, 0.3) is 5.91 Å². The highest BCUT2D eigenvalue weighted by atomic mass is 16.5. The van der Waals surface area contributed by atoms with Crippen LogP contribution in [0.15, 0.2) is 42.5 Å². The van der Waals surface area contributed by atoms with E-state index in [0.29, 0.717) is 30.0 Å². The second-order valence-corrected chi connectivity index (χ2v) is 5.74. The number of methoxy groups -OCH3 is 2. The van der Waals surface area contributed by atoms with Gasteiger partial charge < -0.3 is 20.1 Å². The van der Waals surface area contributed by atoms with Gasteiger partial charge in [0.05, 0.1) is 20.1 Å². The molecule has 1 aliphatic rings. The first-order valence-corrected chi connectivity index (χ1v) is 8.04. The van der Waals surface area contributed by atoms with Crippen molar-refractivity contribution in [1.82, 2.24) is 5.32 Å². The normalized spacial score (nSPS) is 15.3. The minimum atomic E-state index is -0.234. The zero-order chi connectivity index (χ0) is 17.8. The van der Waals surface area contributed by atoms with Crippen LogP contribution in [-0.4, -0.2) is 32.6 Å². The minimum absolute atomic E-state index is 0.0263. The van der Waals surface area contributed by atoms with E-state index in [9.17, 15) is 9.59 Å². The van der Waals surface area contributed by atoms with Gasteiger partial charge in [-0.3, -0.25) is 9.59 Å². The van der Waals surface area contributed by atoms with Crippen LogP contribution < -0.4 is 20.1 Å². The summed E-state index contributed by atoms with van der Waals surface area (Å²) in [5, 5.41) is 5.71. The zero-order valence-corrected chi connectivity index (χ0v) is 14.2. The Bertz CT molecular complexity index is 804. The summed E-state index contributed by atoms with van der Waals surface area (Å²) in [7, 11) is 3.07. The third-order valence-electron chi connectivity index (χ3n) is 4.27. The lowest BCUT2D eigenvalue weighted by atomic mass is 9.97. The van der Waals surface area contributed by atoms with E-state index in [1.165, 1.54) is 7.11 Å². The lowest BCUT2D eigenvalue weighted by Gasteiger charge is -2.11. The third-order valence-corrected chi connectivity index (χ3v) is 4.27. The van der Waals surface area contributed by atoms with E-state index in [-0.39, 0.29) is 17.7 Å². The first-order chi connectivity index (χ1) is 12.1. The molecule has 0 bridgehead atoms. The lowest BCUT2D eigenvalue weighted by Crippen LogP contribution is -2.27. The number of anilines is 1. The quantitative estimate of drug-likeness (QED) is 0.847. The van der Waals surface area contributed by atoms with Crippen molar-refractivity contribution in [2.24, 2.45) is 0 Å². The molecule has 6 heteroatoms. The van der Waals surface area contributed by atoms with Gasteiger partial charge in [0.15, 0.2) is 11.5 Å². The fourth-order valence-corrected chi connectivity index (χ4v) is 2.97. The maximum Gasteiger partial charge on any atom is 0.251 e.